The lowest BCUT2D eigenvalue weighted by molar-refractivity contribution is -0.137. The Morgan fingerprint density at radius 1 is 1.06 bits per heavy atom. The van der Waals surface area contributed by atoms with Crippen molar-refractivity contribution in [1.29, 1.82) is 0 Å². The van der Waals surface area contributed by atoms with Crippen molar-refractivity contribution in [2.24, 2.45) is 18.1 Å². The fraction of sp³-hybridized carbons (Fsp3) is 0.423. The number of hydrazone groups is 1. The van der Waals surface area contributed by atoms with Gasteiger partial charge >= 0.3 is 11.4 Å². The molecule has 9 heteroatoms. The van der Waals surface area contributed by atoms with Gasteiger partial charge in [-0.2, -0.15) is 18.3 Å². The highest BCUT2D eigenvalue weighted by Crippen LogP contribution is 2.34. The van der Waals surface area contributed by atoms with Gasteiger partial charge in [-0.15, -0.1) is 0 Å². The van der Waals surface area contributed by atoms with Gasteiger partial charge in [-0.05, 0) is 49.9 Å². The zero-order valence-corrected chi connectivity index (χ0v) is 20.5. The lowest BCUT2D eigenvalue weighted by atomic mass is 9.89. The summed E-state index contributed by atoms with van der Waals surface area (Å²) in [4.78, 5) is 17.3. The molecular formula is C26H27F3N4OS. The van der Waals surface area contributed by atoms with Crippen LogP contribution in [0.25, 0.3) is 22.4 Å². The van der Waals surface area contributed by atoms with Crippen LogP contribution in [0.5, 0.6) is 0 Å². The Hall–Kier alpha value is -2.81. The molecule has 1 unspecified atom stereocenters. The minimum atomic E-state index is -4.42. The van der Waals surface area contributed by atoms with Crippen molar-refractivity contribution in [3.8, 4) is 11.4 Å². The van der Waals surface area contributed by atoms with E-state index >= 15 is 0 Å². The molecule has 5 nitrogen and oxygen atoms in total. The first-order chi connectivity index (χ1) is 16.7. The van der Waals surface area contributed by atoms with Crippen molar-refractivity contribution in [2.75, 3.05) is 6.54 Å². The molecule has 1 aliphatic heterocycles. The van der Waals surface area contributed by atoms with Crippen molar-refractivity contribution < 1.29 is 18.0 Å². The second kappa shape index (κ2) is 9.33. The molecule has 0 N–H and O–H groups in total. The van der Waals surface area contributed by atoms with Crippen LogP contribution < -0.4 is 0 Å². The average molecular weight is 501 g/mol. The number of imidazole rings is 1. The number of nitrogens with zero attached hydrogens (tertiary/aromatic N) is 4. The third-order valence-corrected chi connectivity index (χ3v) is 7.87. The van der Waals surface area contributed by atoms with Gasteiger partial charge in [-0.1, -0.05) is 49.2 Å². The van der Waals surface area contributed by atoms with E-state index in [1.807, 2.05) is 25.1 Å². The van der Waals surface area contributed by atoms with Gasteiger partial charge in [-0.25, -0.2) is 9.99 Å². The number of halogens is 3. The molecule has 0 bridgehead atoms. The normalized spacial score (nSPS) is 19.9. The lowest BCUT2D eigenvalue weighted by Gasteiger charge is -2.31. The van der Waals surface area contributed by atoms with E-state index in [4.69, 9.17) is 5.10 Å². The van der Waals surface area contributed by atoms with Gasteiger partial charge in [0.05, 0.1) is 27.6 Å². The zero-order chi connectivity index (χ0) is 24.7. The van der Waals surface area contributed by atoms with Gasteiger partial charge in [0.15, 0.2) is 0 Å². The van der Waals surface area contributed by atoms with E-state index in [9.17, 15) is 18.0 Å². The fourth-order valence-electron chi connectivity index (χ4n) is 4.99. The number of carbonyl (C=O) groups excluding carboxylic acids is 1. The molecule has 1 atom stereocenters. The number of fused-ring (bicyclic) bond motifs is 1. The van der Waals surface area contributed by atoms with Gasteiger partial charge < -0.3 is 4.57 Å². The summed E-state index contributed by atoms with van der Waals surface area (Å²) in [5.74, 6) is 0.949. The van der Waals surface area contributed by atoms with Crippen molar-refractivity contribution in [3.05, 3.63) is 53.6 Å². The summed E-state index contributed by atoms with van der Waals surface area (Å²) in [5, 5.41) is 6.26. The second-order valence-electron chi connectivity index (χ2n) is 9.37. The van der Waals surface area contributed by atoms with Crippen LogP contribution >= 0.6 is 11.8 Å². The highest BCUT2D eigenvalue weighted by Gasteiger charge is 2.32. The third kappa shape index (κ3) is 4.83. The first-order valence-electron chi connectivity index (χ1n) is 11.9. The van der Waals surface area contributed by atoms with E-state index in [0.717, 1.165) is 41.8 Å². The minimum Gasteiger partial charge on any atom is -0.327 e. The molecule has 3 aromatic rings. The molecule has 2 heterocycles. The summed E-state index contributed by atoms with van der Waals surface area (Å²) >= 11 is 1.28. The Labute approximate surface area is 206 Å². The maximum absolute atomic E-state index is 13.2. The topological polar surface area (TPSA) is 50.5 Å². The summed E-state index contributed by atoms with van der Waals surface area (Å²) in [6.07, 6.45) is 1.52. The molecule has 1 fully saturated rings. The number of aryl methyl sites for hydroxylation is 1. The zero-order valence-electron chi connectivity index (χ0n) is 19.7. The summed E-state index contributed by atoms with van der Waals surface area (Å²) in [6.45, 7) is 2.61. The van der Waals surface area contributed by atoms with Crippen LogP contribution in [-0.2, 0) is 13.2 Å². The number of hydrogen-bond acceptors (Lipinski definition) is 4. The summed E-state index contributed by atoms with van der Waals surface area (Å²) in [7, 11) is 1.80. The Balaban J connectivity index is 1.48. The SMILES string of the molecule is CC1SC(=O)N(CC2CCCCC2)N=C1c1ccc2c(c1)nc(-c1cccc(C(F)(F)F)c1)n2C. The highest BCUT2D eigenvalue weighted by atomic mass is 32.2. The van der Waals surface area contributed by atoms with E-state index in [2.05, 4.69) is 4.98 Å². The number of amides is 1. The Morgan fingerprint density at radius 3 is 2.57 bits per heavy atom. The second-order valence-corrected chi connectivity index (χ2v) is 10.7. The van der Waals surface area contributed by atoms with Crippen LogP contribution in [0.2, 0.25) is 0 Å². The smallest absolute Gasteiger partial charge is 0.327 e. The predicted molar refractivity (Wildman–Crippen MR) is 133 cm³/mol. The molecule has 1 amide bonds. The number of rotatable bonds is 4. The van der Waals surface area contributed by atoms with Crippen molar-refractivity contribution in [1.82, 2.24) is 14.6 Å². The maximum Gasteiger partial charge on any atom is 0.416 e. The molecule has 0 radical (unpaired) electrons. The number of alkyl halides is 3. The van der Waals surface area contributed by atoms with Gasteiger partial charge in [0.2, 0.25) is 0 Å². The standard InChI is InChI=1S/C26H27F3N4OS/c1-16-23(31-33(25(34)35-16)15-17-7-4-3-5-8-17)18-11-12-22-21(14-18)30-24(32(22)2)19-9-6-10-20(13-19)26(27,28)29/h6,9-14,16-17H,3-5,7-8,15H2,1-2H3. The van der Waals surface area contributed by atoms with Gasteiger partial charge in [0, 0.05) is 24.7 Å². The Morgan fingerprint density at radius 2 is 1.83 bits per heavy atom. The average Bonchev–Trinajstić information content (AvgIpc) is 3.17. The van der Waals surface area contributed by atoms with E-state index in [-0.39, 0.29) is 10.5 Å². The van der Waals surface area contributed by atoms with E-state index in [1.54, 1.807) is 22.7 Å². The molecule has 2 aliphatic rings. The Kier molecular flexibility index (Phi) is 6.38. The van der Waals surface area contributed by atoms with E-state index in [1.165, 1.54) is 37.1 Å². The highest BCUT2D eigenvalue weighted by molar-refractivity contribution is 8.14. The van der Waals surface area contributed by atoms with E-state index in [0.29, 0.717) is 29.4 Å². The molecule has 35 heavy (non-hydrogen) atoms. The molecule has 1 aromatic heterocycles. The van der Waals surface area contributed by atoms with Crippen molar-refractivity contribution in [2.45, 2.75) is 50.5 Å². The maximum atomic E-state index is 13.2. The monoisotopic (exact) mass is 500 g/mol. The molecule has 1 aliphatic carbocycles. The summed E-state index contributed by atoms with van der Waals surface area (Å²) < 4.78 is 41.5. The summed E-state index contributed by atoms with van der Waals surface area (Å²) in [6, 6.07) is 11.0. The third-order valence-electron chi connectivity index (χ3n) is 6.88. The van der Waals surface area contributed by atoms with Crippen LogP contribution in [0.3, 0.4) is 0 Å². The van der Waals surface area contributed by atoms with Crippen LogP contribution in [0.1, 0.15) is 50.2 Å². The molecule has 5 rings (SSSR count). The van der Waals surface area contributed by atoms with Gasteiger partial charge in [0.25, 0.3) is 0 Å². The first kappa shape index (κ1) is 23.9. The number of benzene rings is 2. The lowest BCUT2D eigenvalue weighted by Crippen LogP contribution is -2.37. The molecule has 0 saturated heterocycles. The number of aromatic nitrogens is 2. The van der Waals surface area contributed by atoms with E-state index < -0.39 is 11.7 Å². The van der Waals surface area contributed by atoms with Crippen LogP contribution in [0.4, 0.5) is 18.0 Å². The Bertz CT molecular complexity index is 1290. The molecule has 2 aromatic carbocycles. The quantitative estimate of drug-likeness (QED) is 0.384. The summed E-state index contributed by atoms with van der Waals surface area (Å²) in [5.41, 5.74) is 2.88. The van der Waals surface area contributed by atoms with Gasteiger partial charge in [0.1, 0.15) is 5.82 Å². The number of carbonyl (C=O) groups is 1. The van der Waals surface area contributed by atoms with Gasteiger partial charge in [-0.3, -0.25) is 4.79 Å². The first-order valence-corrected chi connectivity index (χ1v) is 12.8. The van der Waals surface area contributed by atoms with Crippen molar-refractivity contribution >= 4 is 33.7 Å². The number of thioether (sulfide) groups is 1. The fourth-order valence-corrected chi connectivity index (χ4v) is 5.83. The molecule has 0 spiro atoms. The van der Waals surface area contributed by atoms with Crippen molar-refractivity contribution in [3.63, 3.8) is 0 Å². The minimum absolute atomic E-state index is 0.0161. The molecule has 184 valence electrons. The molecular weight excluding hydrogens is 473 g/mol. The largest absolute Gasteiger partial charge is 0.416 e. The molecule has 1 saturated carbocycles. The predicted octanol–water partition coefficient (Wildman–Crippen LogP) is 7.10. The van der Waals surface area contributed by atoms with Crippen LogP contribution in [0, 0.1) is 5.92 Å². The van der Waals surface area contributed by atoms with Crippen LogP contribution in [-0.4, -0.2) is 37.3 Å². The van der Waals surface area contributed by atoms with Crippen LogP contribution in [0.15, 0.2) is 47.6 Å². The number of hydrogen-bond donors (Lipinski definition) is 0.